The van der Waals surface area contributed by atoms with Gasteiger partial charge in [0.2, 0.25) is 11.1 Å². The third-order valence-electron chi connectivity index (χ3n) is 6.15. The van der Waals surface area contributed by atoms with Crippen LogP contribution >= 0.6 is 11.8 Å². The highest BCUT2D eigenvalue weighted by Crippen LogP contribution is 2.38. The maximum absolute atomic E-state index is 12.9. The fourth-order valence-electron chi connectivity index (χ4n) is 4.35. The van der Waals surface area contributed by atoms with E-state index in [0.29, 0.717) is 33.7 Å². The monoisotopic (exact) mass is 527 g/mol. The van der Waals surface area contributed by atoms with Gasteiger partial charge < -0.3 is 10.1 Å². The summed E-state index contributed by atoms with van der Waals surface area (Å²) < 4.78 is 6.91. The summed E-state index contributed by atoms with van der Waals surface area (Å²) in [6.45, 7) is 3.69. The number of nitrogens with one attached hydrogen (secondary N) is 1. The molecule has 1 aliphatic rings. The highest BCUT2D eigenvalue weighted by atomic mass is 32.2. The number of aromatic nitrogens is 3. The lowest BCUT2D eigenvalue weighted by Gasteiger charge is -2.27. The zero-order chi connectivity index (χ0) is 26.6. The van der Waals surface area contributed by atoms with Crippen LogP contribution in [0.25, 0.3) is 11.1 Å². The number of benzene rings is 3. The fraction of sp³-hybridized carbons (Fsp3) is 0.179. The van der Waals surface area contributed by atoms with Crippen LogP contribution in [-0.2, 0) is 15.3 Å². The number of fused-ring (bicyclic) bond motifs is 1. The molecule has 0 saturated heterocycles. The Labute approximate surface area is 223 Å². The highest BCUT2D eigenvalue weighted by molar-refractivity contribution is 7.98. The van der Waals surface area contributed by atoms with Gasteiger partial charge in [-0.2, -0.15) is 4.98 Å². The summed E-state index contributed by atoms with van der Waals surface area (Å²) in [5.74, 6) is 0.591. The predicted molar refractivity (Wildman–Crippen MR) is 146 cm³/mol. The van der Waals surface area contributed by atoms with Crippen molar-refractivity contribution in [3.8, 4) is 11.1 Å². The second kappa shape index (κ2) is 10.9. The van der Waals surface area contributed by atoms with E-state index >= 15 is 0 Å². The predicted octanol–water partition coefficient (Wildman–Crippen LogP) is 6.00. The number of thioether (sulfide) groups is 1. The van der Waals surface area contributed by atoms with E-state index < -0.39 is 16.9 Å². The summed E-state index contributed by atoms with van der Waals surface area (Å²) in [4.78, 5) is 28.6. The van der Waals surface area contributed by atoms with Crippen molar-refractivity contribution in [3.05, 3.63) is 111 Å². The van der Waals surface area contributed by atoms with Crippen molar-refractivity contribution in [1.29, 1.82) is 0 Å². The first kappa shape index (κ1) is 25.2. The van der Waals surface area contributed by atoms with Crippen molar-refractivity contribution in [2.24, 2.45) is 0 Å². The minimum absolute atomic E-state index is 0.0721. The highest BCUT2D eigenvalue weighted by Gasteiger charge is 2.35. The summed E-state index contributed by atoms with van der Waals surface area (Å²) in [5.41, 5.74) is 4.79. The summed E-state index contributed by atoms with van der Waals surface area (Å²) in [5, 5.41) is 19.8. The van der Waals surface area contributed by atoms with Gasteiger partial charge in [-0.25, -0.2) is 9.48 Å². The normalized spacial score (nSPS) is 14.5. The molecule has 1 aliphatic heterocycles. The van der Waals surface area contributed by atoms with Gasteiger partial charge >= 0.3 is 5.97 Å². The van der Waals surface area contributed by atoms with E-state index in [4.69, 9.17) is 4.74 Å². The molecule has 0 spiro atoms. The van der Waals surface area contributed by atoms with Crippen LogP contribution in [0.2, 0.25) is 0 Å². The number of nitro benzene ring substituents is 1. The van der Waals surface area contributed by atoms with Crippen LogP contribution in [0.5, 0.6) is 0 Å². The van der Waals surface area contributed by atoms with Gasteiger partial charge in [0.1, 0.15) is 6.04 Å². The second-order valence-corrected chi connectivity index (χ2v) is 9.60. The number of anilines is 1. The van der Waals surface area contributed by atoms with Gasteiger partial charge in [-0.15, -0.1) is 5.10 Å². The lowest BCUT2D eigenvalue weighted by Crippen LogP contribution is -2.29. The average molecular weight is 528 g/mol. The molecule has 0 radical (unpaired) electrons. The number of carbonyl (C=O) groups is 1. The molecule has 1 atom stereocenters. The standard InChI is InChI=1S/C28H25N5O4S/c1-3-37-26(34)24-18(2)29-27-30-28(31-32(27)25(24)22-10-7-11-23(16-22)33(35)36)38-17-19-12-14-21(15-13-19)20-8-5-4-6-9-20/h4-16,25H,3,17H2,1-2H3,(H,29,30,31)/t25-/m1/s1. The Hall–Kier alpha value is -4.44. The molecule has 0 aliphatic carbocycles. The molecular formula is C28H25N5O4S. The first-order valence-corrected chi connectivity index (χ1v) is 13.1. The molecule has 4 aromatic rings. The molecule has 1 N–H and O–H groups in total. The largest absolute Gasteiger partial charge is 0.463 e. The van der Waals surface area contributed by atoms with Crippen molar-refractivity contribution >= 4 is 29.4 Å². The van der Waals surface area contributed by atoms with E-state index in [1.54, 1.807) is 30.7 Å². The molecule has 5 rings (SSSR count). The number of nitrogens with zero attached hydrogens (tertiary/aromatic N) is 4. The Morgan fingerprint density at radius 3 is 2.53 bits per heavy atom. The quantitative estimate of drug-likeness (QED) is 0.129. The van der Waals surface area contributed by atoms with Gasteiger partial charge in [0.25, 0.3) is 5.69 Å². The summed E-state index contributed by atoms with van der Waals surface area (Å²) in [7, 11) is 0. The average Bonchev–Trinajstić information content (AvgIpc) is 3.34. The van der Waals surface area contributed by atoms with Gasteiger partial charge in [-0.1, -0.05) is 78.5 Å². The first-order valence-electron chi connectivity index (χ1n) is 12.1. The fourth-order valence-corrected chi connectivity index (χ4v) is 5.14. The van der Waals surface area contributed by atoms with Crippen LogP contribution in [-0.4, -0.2) is 32.3 Å². The molecule has 0 unspecified atom stereocenters. The van der Waals surface area contributed by atoms with Gasteiger partial charge in [-0.05, 0) is 36.1 Å². The SMILES string of the molecule is CCOC(=O)C1=C(C)Nc2nc(SCc3ccc(-c4ccccc4)cc3)nn2[C@@H]1c1cccc([N+](=O)[O-])c1. The van der Waals surface area contributed by atoms with Crippen molar-refractivity contribution in [2.45, 2.75) is 30.8 Å². The molecule has 9 nitrogen and oxygen atoms in total. The molecule has 192 valence electrons. The molecular weight excluding hydrogens is 502 g/mol. The van der Waals surface area contributed by atoms with E-state index in [9.17, 15) is 14.9 Å². The number of rotatable bonds is 8. The molecule has 10 heteroatoms. The topological polar surface area (TPSA) is 112 Å². The smallest absolute Gasteiger partial charge is 0.338 e. The third kappa shape index (κ3) is 5.16. The summed E-state index contributed by atoms with van der Waals surface area (Å²) >= 11 is 1.47. The van der Waals surface area contributed by atoms with Crippen LogP contribution in [0.3, 0.4) is 0 Å². The maximum Gasteiger partial charge on any atom is 0.338 e. The molecule has 1 aromatic heterocycles. The van der Waals surface area contributed by atoms with Crippen molar-refractivity contribution in [2.75, 3.05) is 11.9 Å². The van der Waals surface area contributed by atoms with Crippen LogP contribution in [0, 0.1) is 10.1 Å². The van der Waals surface area contributed by atoms with E-state index in [0.717, 1.165) is 16.7 Å². The van der Waals surface area contributed by atoms with Crippen LogP contribution in [0.15, 0.2) is 95.3 Å². The Morgan fingerprint density at radius 1 is 1.08 bits per heavy atom. The lowest BCUT2D eigenvalue weighted by molar-refractivity contribution is -0.384. The first-order chi connectivity index (χ1) is 18.4. The summed E-state index contributed by atoms with van der Waals surface area (Å²) in [6.07, 6.45) is 0. The zero-order valence-corrected chi connectivity index (χ0v) is 21.6. The number of nitro groups is 1. The number of hydrogen-bond donors (Lipinski definition) is 1. The molecule has 2 heterocycles. The van der Waals surface area contributed by atoms with Crippen molar-refractivity contribution in [3.63, 3.8) is 0 Å². The zero-order valence-electron chi connectivity index (χ0n) is 20.8. The Bertz CT molecular complexity index is 1520. The number of carbonyl (C=O) groups excluding carboxylic acids is 1. The molecule has 0 fully saturated rings. The molecule has 0 bridgehead atoms. The van der Waals surface area contributed by atoms with Crippen molar-refractivity contribution in [1.82, 2.24) is 14.8 Å². The number of ether oxygens (including phenoxy) is 1. The minimum atomic E-state index is -0.725. The Balaban J connectivity index is 1.42. The Kier molecular flexibility index (Phi) is 7.23. The van der Waals surface area contributed by atoms with E-state index in [1.165, 1.54) is 23.9 Å². The van der Waals surface area contributed by atoms with E-state index in [1.807, 2.05) is 18.2 Å². The van der Waals surface area contributed by atoms with Gasteiger partial charge in [0.05, 0.1) is 17.1 Å². The number of non-ortho nitro benzene ring substituents is 1. The van der Waals surface area contributed by atoms with Crippen LogP contribution in [0.1, 0.15) is 31.0 Å². The van der Waals surface area contributed by atoms with Crippen molar-refractivity contribution < 1.29 is 14.5 Å². The number of allylic oxidation sites excluding steroid dienone is 1. The molecule has 38 heavy (non-hydrogen) atoms. The van der Waals surface area contributed by atoms with Gasteiger partial charge in [-0.3, -0.25) is 10.1 Å². The number of hydrogen-bond acceptors (Lipinski definition) is 8. The van der Waals surface area contributed by atoms with Gasteiger partial charge in [0, 0.05) is 23.6 Å². The lowest BCUT2D eigenvalue weighted by atomic mass is 9.95. The second-order valence-electron chi connectivity index (χ2n) is 8.65. The third-order valence-corrected chi connectivity index (χ3v) is 7.06. The van der Waals surface area contributed by atoms with E-state index in [-0.39, 0.29) is 12.3 Å². The van der Waals surface area contributed by atoms with Gasteiger partial charge in [0.15, 0.2) is 0 Å². The maximum atomic E-state index is 12.9. The number of esters is 1. The van der Waals surface area contributed by atoms with E-state index in [2.05, 4.69) is 51.8 Å². The molecule has 0 saturated carbocycles. The minimum Gasteiger partial charge on any atom is -0.463 e. The summed E-state index contributed by atoms with van der Waals surface area (Å²) in [6, 6.07) is 24.0. The van der Waals surface area contributed by atoms with Crippen LogP contribution in [0.4, 0.5) is 11.6 Å². The molecule has 0 amide bonds. The van der Waals surface area contributed by atoms with Crippen LogP contribution < -0.4 is 5.32 Å². The Morgan fingerprint density at radius 2 is 1.82 bits per heavy atom. The molecule has 3 aromatic carbocycles.